The fraction of sp³-hybridized carbons (Fsp3) is 0.480. The fourth-order valence-electron chi connectivity index (χ4n) is 3.84. The van der Waals surface area contributed by atoms with Gasteiger partial charge < -0.3 is 15.0 Å². The third-order valence-electron chi connectivity index (χ3n) is 5.61. The SMILES string of the molecule is Cc1nn(Cc2ccccc2Cl)c(C)c1C=CC(=O)NC1CCN(C(=O)OC(C)(C)C)CC1. The van der Waals surface area contributed by atoms with Crippen LogP contribution in [0.1, 0.15) is 56.1 Å². The first-order valence-corrected chi connectivity index (χ1v) is 11.6. The van der Waals surface area contributed by atoms with E-state index >= 15 is 0 Å². The van der Waals surface area contributed by atoms with Crippen molar-refractivity contribution in [2.75, 3.05) is 13.1 Å². The molecule has 0 aliphatic carbocycles. The molecule has 3 rings (SSSR count). The second-order valence-corrected chi connectivity index (χ2v) is 9.82. The maximum Gasteiger partial charge on any atom is 0.410 e. The number of ether oxygens (including phenoxy) is 1. The van der Waals surface area contributed by atoms with E-state index in [-0.39, 0.29) is 18.0 Å². The van der Waals surface area contributed by atoms with E-state index < -0.39 is 5.60 Å². The van der Waals surface area contributed by atoms with Gasteiger partial charge in [0.1, 0.15) is 5.60 Å². The number of rotatable bonds is 5. The van der Waals surface area contributed by atoms with Crippen molar-refractivity contribution in [2.45, 2.75) is 65.6 Å². The Labute approximate surface area is 200 Å². The highest BCUT2D eigenvalue weighted by molar-refractivity contribution is 6.31. The Morgan fingerprint density at radius 2 is 1.88 bits per heavy atom. The summed E-state index contributed by atoms with van der Waals surface area (Å²) in [6, 6.07) is 7.74. The molecule has 8 heteroatoms. The van der Waals surface area contributed by atoms with Crippen LogP contribution in [0.15, 0.2) is 30.3 Å². The minimum atomic E-state index is -0.510. The van der Waals surface area contributed by atoms with E-state index in [4.69, 9.17) is 16.3 Å². The number of aryl methyl sites for hydroxylation is 1. The minimum Gasteiger partial charge on any atom is -0.444 e. The van der Waals surface area contributed by atoms with E-state index in [0.29, 0.717) is 37.5 Å². The van der Waals surface area contributed by atoms with Crippen LogP contribution in [-0.4, -0.2) is 51.4 Å². The zero-order valence-electron chi connectivity index (χ0n) is 20.0. The van der Waals surface area contributed by atoms with Crippen LogP contribution in [0, 0.1) is 13.8 Å². The van der Waals surface area contributed by atoms with Gasteiger partial charge in [-0.1, -0.05) is 29.8 Å². The molecule has 1 fully saturated rings. The zero-order chi connectivity index (χ0) is 24.2. The van der Waals surface area contributed by atoms with E-state index in [1.807, 2.05) is 69.6 Å². The molecule has 1 aromatic carbocycles. The lowest BCUT2D eigenvalue weighted by Crippen LogP contribution is -2.47. The average Bonchev–Trinajstić information content (AvgIpc) is 3.00. The number of hydrogen-bond donors (Lipinski definition) is 1. The second-order valence-electron chi connectivity index (χ2n) is 9.42. The van der Waals surface area contributed by atoms with Crippen molar-refractivity contribution in [3.63, 3.8) is 0 Å². The van der Waals surface area contributed by atoms with E-state index in [2.05, 4.69) is 10.4 Å². The molecule has 0 radical (unpaired) electrons. The van der Waals surface area contributed by atoms with E-state index in [0.717, 1.165) is 22.5 Å². The highest BCUT2D eigenvalue weighted by atomic mass is 35.5. The molecule has 1 N–H and O–H groups in total. The molecule has 2 amide bonds. The molecule has 1 aliphatic heterocycles. The number of benzene rings is 1. The fourth-order valence-corrected chi connectivity index (χ4v) is 4.03. The predicted molar refractivity (Wildman–Crippen MR) is 130 cm³/mol. The van der Waals surface area contributed by atoms with Gasteiger partial charge in [-0.3, -0.25) is 9.48 Å². The first-order valence-electron chi connectivity index (χ1n) is 11.3. The molecule has 0 saturated carbocycles. The number of nitrogens with one attached hydrogen (secondary N) is 1. The van der Waals surface area contributed by atoms with Crippen molar-refractivity contribution in [3.05, 3.63) is 57.9 Å². The third-order valence-corrected chi connectivity index (χ3v) is 5.98. The number of aromatic nitrogens is 2. The Morgan fingerprint density at radius 1 is 1.21 bits per heavy atom. The Bertz CT molecular complexity index is 1030. The molecule has 0 unspecified atom stereocenters. The molecule has 2 heterocycles. The molecule has 1 saturated heterocycles. The lowest BCUT2D eigenvalue weighted by Gasteiger charge is -2.33. The number of nitrogens with zero attached hydrogens (tertiary/aromatic N) is 3. The van der Waals surface area contributed by atoms with Gasteiger partial charge in [-0.2, -0.15) is 5.10 Å². The van der Waals surface area contributed by atoms with Crippen LogP contribution < -0.4 is 5.32 Å². The summed E-state index contributed by atoms with van der Waals surface area (Å²) in [6.45, 7) is 11.2. The van der Waals surface area contributed by atoms with Crippen molar-refractivity contribution < 1.29 is 14.3 Å². The molecule has 0 bridgehead atoms. The molecule has 0 atom stereocenters. The van der Waals surface area contributed by atoms with Gasteiger partial charge in [0.2, 0.25) is 5.91 Å². The molecule has 1 aliphatic rings. The third kappa shape index (κ3) is 6.84. The Kier molecular flexibility index (Phi) is 7.84. The number of likely N-dealkylation sites (tertiary alicyclic amines) is 1. The Morgan fingerprint density at radius 3 is 2.52 bits per heavy atom. The first kappa shape index (κ1) is 24.8. The monoisotopic (exact) mass is 472 g/mol. The molecule has 33 heavy (non-hydrogen) atoms. The molecule has 178 valence electrons. The van der Waals surface area contributed by atoms with Crippen molar-refractivity contribution in [1.82, 2.24) is 20.0 Å². The summed E-state index contributed by atoms with van der Waals surface area (Å²) in [5, 5.41) is 8.36. The number of carbonyl (C=O) groups is 2. The van der Waals surface area contributed by atoms with E-state index in [1.165, 1.54) is 0 Å². The largest absolute Gasteiger partial charge is 0.444 e. The second kappa shape index (κ2) is 10.4. The molecular weight excluding hydrogens is 440 g/mol. The van der Waals surface area contributed by atoms with Crippen molar-refractivity contribution in [1.29, 1.82) is 0 Å². The van der Waals surface area contributed by atoms with Gasteiger partial charge in [-0.25, -0.2) is 4.79 Å². The maximum absolute atomic E-state index is 12.5. The number of hydrogen-bond acceptors (Lipinski definition) is 4. The van der Waals surface area contributed by atoms with E-state index in [1.54, 1.807) is 11.0 Å². The molecule has 2 aromatic rings. The van der Waals surface area contributed by atoms with Gasteiger partial charge in [0.25, 0.3) is 0 Å². The lowest BCUT2D eigenvalue weighted by molar-refractivity contribution is -0.117. The normalized spacial score (nSPS) is 15.2. The Balaban J connectivity index is 1.55. The first-order chi connectivity index (χ1) is 15.5. The summed E-state index contributed by atoms with van der Waals surface area (Å²) in [4.78, 5) is 26.4. The molecule has 1 aromatic heterocycles. The number of piperidine rings is 1. The average molecular weight is 473 g/mol. The van der Waals surface area contributed by atoms with Crippen molar-refractivity contribution in [2.24, 2.45) is 0 Å². The topological polar surface area (TPSA) is 76.5 Å². The van der Waals surface area contributed by atoms with Crippen LogP contribution in [0.2, 0.25) is 5.02 Å². The summed E-state index contributed by atoms with van der Waals surface area (Å²) in [5.74, 6) is -0.150. The van der Waals surface area contributed by atoms with Crippen LogP contribution in [0.5, 0.6) is 0 Å². The minimum absolute atomic E-state index is 0.0333. The van der Waals surface area contributed by atoms with E-state index in [9.17, 15) is 9.59 Å². The zero-order valence-corrected chi connectivity index (χ0v) is 20.8. The number of halogens is 1. The number of amides is 2. The van der Waals surface area contributed by atoms with Gasteiger partial charge in [0.15, 0.2) is 0 Å². The lowest BCUT2D eigenvalue weighted by atomic mass is 10.1. The maximum atomic E-state index is 12.5. The van der Waals surface area contributed by atoms with Gasteiger partial charge in [0, 0.05) is 41.5 Å². The molecule has 7 nitrogen and oxygen atoms in total. The Hall–Kier alpha value is -2.80. The standard InChI is InChI=1S/C25H33ClN4O3/c1-17-21(18(2)30(28-17)16-19-8-6-7-9-22(19)26)10-11-23(31)27-20-12-14-29(15-13-20)24(32)33-25(3,4)5/h6-11,20H,12-16H2,1-5H3,(H,27,31). The number of carbonyl (C=O) groups excluding carboxylic acids is 2. The quantitative estimate of drug-likeness (QED) is 0.638. The highest BCUT2D eigenvalue weighted by Crippen LogP contribution is 2.20. The summed E-state index contributed by atoms with van der Waals surface area (Å²) in [7, 11) is 0. The van der Waals surface area contributed by atoms with Crippen LogP contribution in [0.25, 0.3) is 6.08 Å². The summed E-state index contributed by atoms with van der Waals surface area (Å²) in [5.41, 5.74) is 3.24. The molecular formula is C25H33ClN4O3. The van der Waals surface area contributed by atoms with Crippen LogP contribution >= 0.6 is 11.6 Å². The van der Waals surface area contributed by atoms with Gasteiger partial charge >= 0.3 is 6.09 Å². The highest BCUT2D eigenvalue weighted by Gasteiger charge is 2.27. The summed E-state index contributed by atoms with van der Waals surface area (Å²) >= 11 is 6.29. The summed E-state index contributed by atoms with van der Waals surface area (Å²) < 4.78 is 7.33. The molecule has 0 spiro atoms. The van der Waals surface area contributed by atoms with Crippen molar-refractivity contribution in [3.8, 4) is 0 Å². The predicted octanol–water partition coefficient (Wildman–Crippen LogP) is 4.73. The van der Waals surface area contributed by atoms with Gasteiger partial charge in [0.05, 0.1) is 12.2 Å². The van der Waals surface area contributed by atoms with Crippen LogP contribution in [-0.2, 0) is 16.1 Å². The smallest absolute Gasteiger partial charge is 0.410 e. The van der Waals surface area contributed by atoms with Gasteiger partial charge in [-0.05, 0) is 65.2 Å². The summed E-state index contributed by atoms with van der Waals surface area (Å²) in [6.07, 6.45) is 4.47. The van der Waals surface area contributed by atoms with Crippen LogP contribution in [0.4, 0.5) is 4.79 Å². The van der Waals surface area contributed by atoms with Gasteiger partial charge in [-0.15, -0.1) is 0 Å². The van der Waals surface area contributed by atoms with Crippen LogP contribution in [0.3, 0.4) is 0 Å². The van der Waals surface area contributed by atoms with Crippen molar-refractivity contribution >= 4 is 29.7 Å².